The van der Waals surface area contributed by atoms with Gasteiger partial charge < -0.3 is 10.6 Å². The number of nitrogens with zero attached hydrogens (tertiary/aromatic N) is 1. The number of aryl methyl sites for hydroxylation is 1. The summed E-state index contributed by atoms with van der Waals surface area (Å²) < 4.78 is 13.3. The van der Waals surface area contributed by atoms with Crippen LogP contribution in [-0.2, 0) is 0 Å². The number of carbonyl (C=O) groups is 1. The summed E-state index contributed by atoms with van der Waals surface area (Å²) in [4.78, 5) is 16.9. The molecule has 0 aliphatic carbocycles. The van der Waals surface area contributed by atoms with Gasteiger partial charge in [-0.05, 0) is 49.4 Å². The summed E-state index contributed by atoms with van der Waals surface area (Å²) in [7, 11) is 0. The van der Waals surface area contributed by atoms with Crippen molar-refractivity contribution >= 4 is 33.8 Å². The van der Waals surface area contributed by atoms with Gasteiger partial charge in [0, 0.05) is 27.9 Å². The van der Waals surface area contributed by atoms with Crippen LogP contribution in [0.4, 0.5) is 20.9 Å². The molecule has 0 spiro atoms. The quantitative estimate of drug-likeness (QED) is 0.414. The highest BCUT2D eigenvalue weighted by atomic mass is 32.1. The van der Waals surface area contributed by atoms with Gasteiger partial charge in [0.25, 0.3) is 5.91 Å². The summed E-state index contributed by atoms with van der Waals surface area (Å²) in [6.07, 6.45) is 0. The smallest absolute Gasteiger partial charge is 0.255 e. The van der Waals surface area contributed by atoms with E-state index in [0.29, 0.717) is 22.1 Å². The third-order valence-corrected chi connectivity index (χ3v) is 5.09. The third-order valence-electron chi connectivity index (χ3n) is 4.33. The zero-order valence-corrected chi connectivity index (χ0v) is 16.5. The second-order valence-electron chi connectivity index (χ2n) is 6.57. The van der Waals surface area contributed by atoms with Crippen molar-refractivity contribution in [2.24, 2.45) is 0 Å². The number of benzene rings is 3. The molecule has 0 aliphatic heterocycles. The Morgan fingerprint density at radius 3 is 2.45 bits per heavy atom. The number of hydrogen-bond acceptors (Lipinski definition) is 4. The molecule has 1 aromatic heterocycles. The Morgan fingerprint density at radius 1 is 0.966 bits per heavy atom. The highest BCUT2D eigenvalue weighted by molar-refractivity contribution is 7.14. The van der Waals surface area contributed by atoms with Gasteiger partial charge in [0.15, 0.2) is 5.13 Å². The average molecular weight is 403 g/mol. The Morgan fingerprint density at radius 2 is 1.72 bits per heavy atom. The first-order valence-electron chi connectivity index (χ1n) is 9.03. The molecule has 0 bridgehead atoms. The first-order valence-corrected chi connectivity index (χ1v) is 9.91. The van der Waals surface area contributed by atoms with Gasteiger partial charge in [-0.25, -0.2) is 9.37 Å². The summed E-state index contributed by atoms with van der Waals surface area (Å²) in [5.41, 5.74) is 4.84. The second-order valence-corrected chi connectivity index (χ2v) is 7.43. The van der Waals surface area contributed by atoms with Gasteiger partial charge in [-0.15, -0.1) is 11.3 Å². The Labute approximate surface area is 172 Å². The van der Waals surface area contributed by atoms with Crippen molar-refractivity contribution in [1.82, 2.24) is 4.98 Å². The molecule has 6 heteroatoms. The molecular formula is C23H18FN3OS. The van der Waals surface area contributed by atoms with E-state index in [4.69, 9.17) is 0 Å². The molecule has 0 fully saturated rings. The van der Waals surface area contributed by atoms with Crippen molar-refractivity contribution in [2.45, 2.75) is 6.92 Å². The monoisotopic (exact) mass is 403 g/mol. The van der Waals surface area contributed by atoms with Gasteiger partial charge in [-0.2, -0.15) is 0 Å². The fourth-order valence-electron chi connectivity index (χ4n) is 2.79. The topological polar surface area (TPSA) is 54.0 Å². The van der Waals surface area contributed by atoms with E-state index in [2.05, 4.69) is 15.6 Å². The van der Waals surface area contributed by atoms with E-state index in [1.54, 1.807) is 24.3 Å². The maximum absolute atomic E-state index is 13.3. The number of anilines is 3. The summed E-state index contributed by atoms with van der Waals surface area (Å²) in [5, 5.41) is 8.61. The molecule has 3 aromatic carbocycles. The van der Waals surface area contributed by atoms with E-state index >= 15 is 0 Å². The average Bonchev–Trinajstić information content (AvgIpc) is 3.17. The molecule has 0 saturated heterocycles. The Balaban J connectivity index is 1.43. The van der Waals surface area contributed by atoms with Gasteiger partial charge in [-0.3, -0.25) is 4.79 Å². The number of aromatic nitrogens is 1. The molecule has 29 heavy (non-hydrogen) atoms. The molecule has 1 amide bonds. The highest BCUT2D eigenvalue weighted by Gasteiger charge is 2.08. The third kappa shape index (κ3) is 4.67. The molecule has 0 radical (unpaired) electrons. The maximum Gasteiger partial charge on any atom is 0.255 e. The number of thiazole rings is 1. The predicted octanol–water partition coefficient (Wildman–Crippen LogP) is 6.25. The van der Waals surface area contributed by atoms with E-state index in [1.807, 2.05) is 48.7 Å². The van der Waals surface area contributed by atoms with Crippen LogP contribution < -0.4 is 10.6 Å². The predicted molar refractivity (Wildman–Crippen MR) is 116 cm³/mol. The van der Waals surface area contributed by atoms with Crippen LogP contribution in [0.25, 0.3) is 11.3 Å². The fraction of sp³-hybridized carbons (Fsp3) is 0.0435. The lowest BCUT2D eigenvalue weighted by molar-refractivity contribution is 0.102. The van der Waals surface area contributed by atoms with E-state index in [9.17, 15) is 9.18 Å². The summed E-state index contributed by atoms with van der Waals surface area (Å²) in [6, 6.07) is 21.2. The van der Waals surface area contributed by atoms with Gasteiger partial charge in [0.1, 0.15) is 5.82 Å². The highest BCUT2D eigenvalue weighted by Crippen LogP contribution is 2.28. The first-order chi connectivity index (χ1) is 14.1. The largest absolute Gasteiger partial charge is 0.331 e. The van der Waals surface area contributed by atoms with Crippen molar-refractivity contribution < 1.29 is 9.18 Å². The molecule has 0 aliphatic rings. The standard InChI is InChI=1S/C23H18FN3OS/c1-15-5-7-17(8-6-15)22(28)25-19-11-9-16(10-12-19)21-14-29-23(27-21)26-20-4-2-3-18(24)13-20/h2-14H,1H3,(H,25,28)(H,26,27). The summed E-state index contributed by atoms with van der Waals surface area (Å²) in [6.45, 7) is 1.98. The molecule has 2 N–H and O–H groups in total. The summed E-state index contributed by atoms with van der Waals surface area (Å²) in [5.74, 6) is -0.442. The number of hydrogen-bond donors (Lipinski definition) is 2. The fourth-order valence-corrected chi connectivity index (χ4v) is 3.53. The lowest BCUT2D eigenvalue weighted by Gasteiger charge is -2.06. The first kappa shape index (κ1) is 18.8. The number of amides is 1. The minimum Gasteiger partial charge on any atom is -0.331 e. The molecule has 0 unspecified atom stereocenters. The summed E-state index contributed by atoms with van der Waals surface area (Å²) >= 11 is 1.44. The normalized spacial score (nSPS) is 10.6. The minimum atomic E-state index is -0.296. The van der Waals surface area contributed by atoms with Gasteiger partial charge in [0.2, 0.25) is 0 Å². The van der Waals surface area contributed by atoms with Crippen LogP contribution in [0.5, 0.6) is 0 Å². The number of nitrogens with one attached hydrogen (secondary N) is 2. The van der Waals surface area contributed by atoms with Crippen molar-refractivity contribution in [3.05, 3.63) is 95.1 Å². The molecule has 0 saturated carbocycles. The van der Waals surface area contributed by atoms with Crippen molar-refractivity contribution in [1.29, 1.82) is 0 Å². The number of carbonyl (C=O) groups excluding carboxylic acids is 1. The van der Waals surface area contributed by atoms with Gasteiger partial charge in [0.05, 0.1) is 5.69 Å². The van der Waals surface area contributed by atoms with Crippen LogP contribution in [0.1, 0.15) is 15.9 Å². The molecule has 144 valence electrons. The number of rotatable bonds is 5. The van der Waals surface area contributed by atoms with Crippen LogP contribution in [-0.4, -0.2) is 10.9 Å². The Kier molecular flexibility index (Phi) is 5.35. The minimum absolute atomic E-state index is 0.145. The van der Waals surface area contributed by atoms with Crippen molar-refractivity contribution in [3.63, 3.8) is 0 Å². The van der Waals surface area contributed by atoms with Crippen LogP contribution in [0.2, 0.25) is 0 Å². The van der Waals surface area contributed by atoms with E-state index in [1.165, 1.54) is 23.5 Å². The zero-order valence-electron chi connectivity index (χ0n) is 15.6. The SMILES string of the molecule is Cc1ccc(C(=O)Nc2ccc(-c3csc(Nc4cccc(F)c4)n3)cc2)cc1. The van der Waals surface area contributed by atoms with Crippen LogP contribution in [0, 0.1) is 12.7 Å². The molecule has 4 nitrogen and oxygen atoms in total. The van der Waals surface area contributed by atoms with E-state index in [0.717, 1.165) is 16.8 Å². The lowest BCUT2D eigenvalue weighted by Crippen LogP contribution is -2.11. The molecule has 0 atom stereocenters. The molecule has 4 rings (SSSR count). The lowest BCUT2D eigenvalue weighted by atomic mass is 10.1. The van der Waals surface area contributed by atoms with Gasteiger partial charge >= 0.3 is 0 Å². The zero-order chi connectivity index (χ0) is 20.2. The molecule has 1 heterocycles. The number of halogens is 1. The van der Waals surface area contributed by atoms with Crippen molar-refractivity contribution in [2.75, 3.05) is 10.6 Å². The Hall–Kier alpha value is -3.51. The second kappa shape index (κ2) is 8.24. The van der Waals surface area contributed by atoms with Crippen molar-refractivity contribution in [3.8, 4) is 11.3 Å². The Bertz CT molecular complexity index is 1140. The van der Waals surface area contributed by atoms with Crippen LogP contribution in [0.15, 0.2) is 78.2 Å². The van der Waals surface area contributed by atoms with E-state index < -0.39 is 0 Å². The maximum atomic E-state index is 13.3. The molecular weight excluding hydrogens is 385 g/mol. The molecule has 4 aromatic rings. The van der Waals surface area contributed by atoms with E-state index in [-0.39, 0.29) is 11.7 Å². The van der Waals surface area contributed by atoms with Crippen LogP contribution in [0.3, 0.4) is 0 Å². The van der Waals surface area contributed by atoms with Crippen LogP contribution >= 0.6 is 11.3 Å². The van der Waals surface area contributed by atoms with Gasteiger partial charge in [-0.1, -0.05) is 35.9 Å².